The predicted molar refractivity (Wildman–Crippen MR) is 120 cm³/mol. The molecule has 156 valence electrons. The molecule has 0 saturated carbocycles. The zero-order chi connectivity index (χ0) is 21.7. The number of carbonyl (C=O) groups is 3. The number of halogens is 1. The summed E-state index contributed by atoms with van der Waals surface area (Å²) in [6.07, 6.45) is 1.58. The van der Waals surface area contributed by atoms with Gasteiger partial charge in [-0.1, -0.05) is 15.9 Å². The molecule has 2 aromatic rings. The molecule has 0 radical (unpaired) electrons. The van der Waals surface area contributed by atoms with Crippen molar-refractivity contribution in [2.45, 2.75) is 6.92 Å². The van der Waals surface area contributed by atoms with Gasteiger partial charge in [0.15, 0.2) is 0 Å². The molecule has 0 bridgehead atoms. The molecule has 0 unspecified atom stereocenters. The number of thioether (sulfide) groups is 1. The van der Waals surface area contributed by atoms with E-state index in [9.17, 15) is 14.4 Å². The van der Waals surface area contributed by atoms with E-state index in [0.29, 0.717) is 29.4 Å². The highest BCUT2D eigenvalue weighted by Gasteiger charge is 2.36. The molecule has 0 aliphatic carbocycles. The minimum atomic E-state index is -0.520. The van der Waals surface area contributed by atoms with Crippen LogP contribution in [0.5, 0.6) is 11.5 Å². The van der Waals surface area contributed by atoms with Crippen LogP contribution in [0.4, 0.5) is 10.5 Å². The number of hydrogen-bond donors (Lipinski definition) is 1. The zero-order valence-corrected chi connectivity index (χ0v) is 18.7. The Morgan fingerprint density at radius 1 is 1.20 bits per heavy atom. The first-order valence-corrected chi connectivity index (χ1v) is 10.6. The number of carbonyl (C=O) groups excluding carboxylic acids is 3. The zero-order valence-electron chi connectivity index (χ0n) is 16.3. The third-order valence-corrected chi connectivity index (χ3v) is 5.50. The van der Waals surface area contributed by atoms with Crippen LogP contribution in [0.2, 0.25) is 0 Å². The van der Waals surface area contributed by atoms with Crippen LogP contribution >= 0.6 is 27.7 Å². The molecular weight excluding hydrogens is 472 g/mol. The summed E-state index contributed by atoms with van der Waals surface area (Å²) in [6, 6.07) is 12.2. The third-order valence-electron chi connectivity index (χ3n) is 4.10. The number of imide groups is 1. The maximum Gasteiger partial charge on any atom is 0.294 e. The lowest BCUT2D eigenvalue weighted by atomic mass is 10.2. The van der Waals surface area contributed by atoms with Crippen molar-refractivity contribution in [2.75, 3.05) is 25.6 Å². The second-order valence-corrected chi connectivity index (χ2v) is 8.07. The number of benzene rings is 2. The van der Waals surface area contributed by atoms with Crippen molar-refractivity contribution in [3.63, 3.8) is 0 Å². The van der Waals surface area contributed by atoms with Crippen molar-refractivity contribution < 1.29 is 23.9 Å². The van der Waals surface area contributed by atoms with Crippen molar-refractivity contribution in [1.29, 1.82) is 0 Å². The van der Waals surface area contributed by atoms with Gasteiger partial charge in [0.1, 0.15) is 18.0 Å². The fourth-order valence-corrected chi connectivity index (χ4v) is 3.95. The number of anilines is 1. The van der Waals surface area contributed by atoms with Crippen molar-refractivity contribution in [3.05, 3.63) is 57.4 Å². The average molecular weight is 491 g/mol. The van der Waals surface area contributed by atoms with Crippen LogP contribution in [-0.4, -0.2) is 42.2 Å². The minimum absolute atomic E-state index is 0.227. The molecule has 30 heavy (non-hydrogen) atoms. The predicted octanol–water partition coefficient (Wildman–Crippen LogP) is 4.53. The molecule has 3 rings (SSSR count). The van der Waals surface area contributed by atoms with Crippen molar-refractivity contribution in [3.8, 4) is 11.5 Å². The van der Waals surface area contributed by atoms with E-state index >= 15 is 0 Å². The molecule has 1 heterocycles. The van der Waals surface area contributed by atoms with Gasteiger partial charge in [-0.15, -0.1) is 0 Å². The third kappa shape index (κ3) is 5.22. The highest BCUT2D eigenvalue weighted by Crippen LogP contribution is 2.34. The second kappa shape index (κ2) is 9.82. The summed E-state index contributed by atoms with van der Waals surface area (Å²) in [4.78, 5) is 38.5. The van der Waals surface area contributed by atoms with E-state index in [1.54, 1.807) is 42.5 Å². The van der Waals surface area contributed by atoms with E-state index in [0.717, 1.165) is 21.1 Å². The summed E-state index contributed by atoms with van der Waals surface area (Å²) in [7, 11) is 1.53. The molecule has 7 nitrogen and oxygen atoms in total. The number of methoxy groups -OCH3 is 1. The van der Waals surface area contributed by atoms with Gasteiger partial charge in [-0.25, -0.2) is 0 Å². The molecule has 1 saturated heterocycles. The number of nitrogens with one attached hydrogen (secondary N) is 1. The summed E-state index contributed by atoms with van der Waals surface area (Å²) in [6.45, 7) is 2.06. The van der Waals surface area contributed by atoms with Crippen LogP contribution in [0, 0.1) is 0 Å². The molecule has 0 spiro atoms. The maximum atomic E-state index is 12.7. The summed E-state index contributed by atoms with van der Waals surface area (Å²) < 4.78 is 11.5. The fourth-order valence-electron chi connectivity index (χ4n) is 2.74. The lowest BCUT2D eigenvalue weighted by molar-refractivity contribution is -0.127. The first-order chi connectivity index (χ1) is 14.4. The molecule has 1 fully saturated rings. The van der Waals surface area contributed by atoms with E-state index in [4.69, 9.17) is 9.47 Å². The number of nitrogens with zero attached hydrogens (tertiary/aromatic N) is 1. The minimum Gasteiger partial charge on any atom is -0.496 e. The smallest absolute Gasteiger partial charge is 0.294 e. The van der Waals surface area contributed by atoms with Gasteiger partial charge >= 0.3 is 0 Å². The Morgan fingerprint density at radius 3 is 2.60 bits per heavy atom. The van der Waals surface area contributed by atoms with Crippen LogP contribution in [0.15, 0.2) is 51.8 Å². The van der Waals surface area contributed by atoms with Gasteiger partial charge in [0.05, 0.1) is 18.6 Å². The van der Waals surface area contributed by atoms with Crippen molar-refractivity contribution in [2.24, 2.45) is 0 Å². The van der Waals surface area contributed by atoms with Crippen LogP contribution < -0.4 is 14.8 Å². The van der Waals surface area contributed by atoms with Crippen LogP contribution in [0.1, 0.15) is 12.5 Å². The molecule has 1 aliphatic rings. The SMILES string of the molecule is CCOc1ccc(NC(=O)CN2C(=O)S/C(=C/c3cc(Br)ccc3OC)C2=O)cc1. The van der Waals surface area contributed by atoms with Gasteiger partial charge in [0.2, 0.25) is 5.91 Å². The van der Waals surface area contributed by atoms with Gasteiger partial charge in [-0.05, 0) is 67.2 Å². The molecule has 0 atom stereocenters. The lowest BCUT2D eigenvalue weighted by Gasteiger charge is -2.13. The fraction of sp³-hybridized carbons (Fsp3) is 0.190. The first-order valence-electron chi connectivity index (χ1n) is 9.03. The number of hydrogen-bond acceptors (Lipinski definition) is 6. The number of amides is 3. The monoisotopic (exact) mass is 490 g/mol. The largest absolute Gasteiger partial charge is 0.496 e. The summed E-state index contributed by atoms with van der Waals surface area (Å²) in [5.41, 5.74) is 1.20. The number of ether oxygens (including phenoxy) is 2. The molecular formula is C21H19BrN2O5S. The Morgan fingerprint density at radius 2 is 1.93 bits per heavy atom. The van der Waals surface area contributed by atoms with Gasteiger partial charge in [-0.3, -0.25) is 19.3 Å². The Labute approximate surface area is 186 Å². The topological polar surface area (TPSA) is 84.9 Å². The average Bonchev–Trinajstić information content (AvgIpc) is 2.97. The quantitative estimate of drug-likeness (QED) is 0.573. The Hall–Kier alpha value is -2.78. The van der Waals surface area contributed by atoms with Gasteiger partial charge in [0, 0.05) is 15.7 Å². The molecule has 1 aliphatic heterocycles. The second-order valence-electron chi connectivity index (χ2n) is 6.16. The van der Waals surface area contributed by atoms with Crippen LogP contribution in [-0.2, 0) is 9.59 Å². The summed E-state index contributed by atoms with van der Waals surface area (Å²) in [5, 5.41) is 2.18. The highest BCUT2D eigenvalue weighted by molar-refractivity contribution is 9.10. The summed E-state index contributed by atoms with van der Waals surface area (Å²) in [5.74, 6) is 0.268. The van der Waals surface area contributed by atoms with E-state index in [2.05, 4.69) is 21.2 Å². The molecule has 2 aromatic carbocycles. The van der Waals surface area contributed by atoms with E-state index < -0.39 is 17.1 Å². The van der Waals surface area contributed by atoms with Crippen LogP contribution in [0.25, 0.3) is 6.08 Å². The van der Waals surface area contributed by atoms with E-state index in [1.165, 1.54) is 7.11 Å². The standard InChI is InChI=1S/C21H19BrN2O5S/c1-3-29-16-7-5-15(6-8-16)23-19(25)12-24-20(26)18(30-21(24)27)11-13-10-14(22)4-9-17(13)28-2/h4-11H,3,12H2,1-2H3,(H,23,25)/b18-11+. The Balaban J connectivity index is 1.69. The van der Waals surface area contributed by atoms with Gasteiger partial charge in [-0.2, -0.15) is 0 Å². The molecule has 0 aromatic heterocycles. The van der Waals surface area contributed by atoms with Crippen molar-refractivity contribution in [1.82, 2.24) is 4.90 Å². The van der Waals surface area contributed by atoms with Gasteiger partial charge in [0.25, 0.3) is 11.1 Å². The molecule has 3 amide bonds. The highest BCUT2D eigenvalue weighted by atomic mass is 79.9. The normalized spacial score (nSPS) is 14.9. The number of rotatable bonds is 7. The molecule has 1 N–H and O–H groups in total. The molecule has 9 heteroatoms. The maximum absolute atomic E-state index is 12.7. The Bertz CT molecular complexity index is 1010. The van der Waals surface area contributed by atoms with Crippen molar-refractivity contribution >= 4 is 56.5 Å². The van der Waals surface area contributed by atoms with Crippen LogP contribution in [0.3, 0.4) is 0 Å². The van der Waals surface area contributed by atoms with Gasteiger partial charge < -0.3 is 14.8 Å². The van der Waals surface area contributed by atoms with E-state index in [-0.39, 0.29) is 11.4 Å². The summed E-state index contributed by atoms with van der Waals surface area (Å²) >= 11 is 4.16. The Kier molecular flexibility index (Phi) is 7.17. The first kappa shape index (κ1) is 21.9. The van der Waals surface area contributed by atoms with E-state index in [1.807, 2.05) is 13.0 Å². The lowest BCUT2D eigenvalue weighted by Crippen LogP contribution is -2.36.